The number of rotatable bonds is 7. The summed E-state index contributed by atoms with van der Waals surface area (Å²) in [5.74, 6) is -0.00782. The second-order valence-corrected chi connectivity index (χ2v) is 9.66. The molecule has 0 fully saturated rings. The molecule has 8 heteroatoms. The highest BCUT2D eigenvalue weighted by Crippen LogP contribution is 2.37. The molecule has 0 spiro atoms. The maximum atomic E-state index is 13.2. The number of anilines is 1. The van der Waals surface area contributed by atoms with Gasteiger partial charge < -0.3 is 0 Å². The van der Waals surface area contributed by atoms with Gasteiger partial charge in [-0.25, -0.2) is 13.4 Å². The largest absolute Gasteiger partial charge is 0.333 e. The van der Waals surface area contributed by atoms with E-state index in [-0.39, 0.29) is 16.7 Å². The van der Waals surface area contributed by atoms with E-state index in [0.717, 1.165) is 16.1 Å². The van der Waals surface area contributed by atoms with Crippen LogP contribution in [0.1, 0.15) is 50.7 Å². The van der Waals surface area contributed by atoms with Crippen LogP contribution in [-0.2, 0) is 14.8 Å². The van der Waals surface area contributed by atoms with E-state index in [4.69, 9.17) is 11.6 Å². The Labute approximate surface area is 181 Å². The number of halogens is 1. The van der Waals surface area contributed by atoms with E-state index in [0.29, 0.717) is 21.6 Å². The van der Waals surface area contributed by atoms with E-state index in [2.05, 4.69) is 9.82 Å². The van der Waals surface area contributed by atoms with Crippen LogP contribution in [0.25, 0.3) is 10.9 Å². The number of nitrogens with one attached hydrogen (secondary N) is 1. The van der Waals surface area contributed by atoms with Gasteiger partial charge >= 0.3 is 6.41 Å². The predicted octanol–water partition coefficient (Wildman–Crippen LogP) is 4.90. The molecule has 157 valence electrons. The van der Waals surface area contributed by atoms with E-state index in [9.17, 15) is 13.2 Å². The zero-order valence-corrected chi connectivity index (χ0v) is 18.8. The maximum absolute atomic E-state index is 13.2. The topological polar surface area (TPSA) is 79.4 Å². The third-order valence-corrected chi connectivity index (χ3v) is 6.34. The van der Waals surface area contributed by atoms with Gasteiger partial charge in [0.1, 0.15) is 4.90 Å². The summed E-state index contributed by atoms with van der Waals surface area (Å²) in [6, 6.07) is 11.9. The Balaban J connectivity index is 2.15. The van der Waals surface area contributed by atoms with E-state index < -0.39 is 10.0 Å². The fourth-order valence-electron chi connectivity index (χ4n) is 3.35. The summed E-state index contributed by atoms with van der Waals surface area (Å²) in [7, 11) is -4.12. The minimum Gasteiger partial charge on any atom is -0.261 e. The number of pyridine rings is 1. The molecule has 30 heavy (non-hydrogen) atoms. The van der Waals surface area contributed by atoms with Gasteiger partial charge in [-0.1, -0.05) is 57.5 Å². The van der Waals surface area contributed by atoms with E-state index in [1.807, 2.05) is 27.7 Å². The van der Waals surface area contributed by atoms with Gasteiger partial charge in [0.05, 0.1) is 11.2 Å². The molecule has 0 aliphatic heterocycles. The number of hydrazine groups is 1. The minimum absolute atomic E-state index is 0.00391. The van der Waals surface area contributed by atoms with Crippen LogP contribution in [0.3, 0.4) is 0 Å². The lowest BCUT2D eigenvalue weighted by Gasteiger charge is -2.27. The normalized spacial score (nSPS) is 12.0. The quantitative estimate of drug-likeness (QED) is 0.415. The second-order valence-electron chi connectivity index (χ2n) is 7.59. The van der Waals surface area contributed by atoms with E-state index >= 15 is 0 Å². The molecule has 0 unspecified atom stereocenters. The third kappa shape index (κ3) is 4.33. The van der Waals surface area contributed by atoms with Crippen molar-refractivity contribution in [3.8, 4) is 0 Å². The van der Waals surface area contributed by atoms with Crippen molar-refractivity contribution in [1.29, 1.82) is 0 Å². The summed E-state index contributed by atoms with van der Waals surface area (Å²) in [5, 5.41) is 2.11. The molecule has 0 aliphatic rings. The molecule has 1 aromatic heterocycles. The van der Waals surface area contributed by atoms with Gasteiger partial charge in [0.15, 0.2) is 0 Å². The molecule has 0 saturated heterocycles. The van der Waals surface area contributed by atoms with Crippen LogP contribution in [-0.4, -0.2) is 19.8 Å². The molecule has 2 aromatic carbocycles. The molecule has 1 N–H and O–H groups in total. The maximum Gasteiger partial charge on any atom is 0.333 e. The van der Waals surface area contributed by atoms with Gasteiger partial charge in [-0.05, 0) is 47.2 Å². The highest BCUT2D eigenvalue weighted by atomic mass is 35.5. The van der Waals surface area contributed by atoms with Gasteiger partial charge in [0, 0.05) is 16.6 Å². The molecular weight excluding hydrogens is 422 g/mol. The fraction of sp³-hybridized carbons (Fsp3) is 0.273. The van der Waals surface area contributed by atoms with Crippen molar-refractivity contribution in [3.05, 3.63) is 64.8 Å². The van der Waals surface area contributed by atoms with Crippen molar-refractivity contribution in [2.75, 3.05) is 5.01 Å². The Morgan fingerprint density at radius 2 is 1.63 bits per heavy atom. The summed E-state index contributed by atoms with van der Waals surface area (Å²) in [4.78, 5) is 18.5. The zero-order valence-electron chi connectivity index (χ0n) is 17.2. The Kier molecular flexibility index (Phi) is 6.45. The first kappa shape index (κ1) is 22.2. The molecule has 0 bridgehead atoms. The number of amides is 1. The molecule has 1 radical (unpaired) electrons. The average Bonchev–Trinajstić information content (AvgIpc) is 2.71. The number of sulfonamides is 1. The summed E-state index contributed by atoms with van der Waals surface area (Å²) in [6.45, 7) is 7.80. The standard InChI is InChI=1S/C22H23ClN3O3S/c1-14(2)18-11-17(23)12-19(15(3)4)22(18)26(13-27)25-30(28,29)20-9-5-7-16-8-6-10-24-21(16)20/h5-12,14-15,25H,1-4H3. The number of fused-ring (bicyclic) bond motifs is 1. The van der Waals surface area contributed by atoms with Crippen LogP contribution in [0.4, 0.5) is 5.69 Å². The van der Waals surface area contributed by atoms with E-state index in [1.54, 1.807) is 42.8 Å². The fourth-order valence-corrected chi connectivity index (χ4v) is 4.74. The van der Waals surface area contributed by atoms with Crippen LogP contribution >= 0.6 is 11.6 Å². The molecule has 0 atom stereocenters. The second kappa shape index (κ2) is 8.71. The Hall–Kier alpha value is -2.48. The number of hydrogen-bond acceptors (Lipinski definition) is 4. The molecular formula is C22H23ClN3O3S. The monoisotopic (exact) mass is 444 g/mol. The molecule has 1 amide bonds. The number of aromatic nitrogens is 1. The molecule has 0 aliphatic carbocycles. The van der Waals surface area contributed by atoms with Crippen LogP contribution in [0.2, 0.25) is 5.02 Å². The van der Waals surface area contributed by atoms with Crippen molar-refractivity contribution in [2.24, 2.45) is 0 Å². The SMILES string of the molecule is CC(C)c1cc(Cl)cc(C(C)C)c1N([C]=O)NS(=O)(=O)c1cccc2cccnc12. The molecule has 0 saturated carbocycles. The lowest BCUT2D eigenvalue weighted by atomic mass is 9.92. The van der Waals surface area contributed by atoms with Crippen molar-refractivity contribution < 1.29 is 13.2 Å². The molecule has 3 rings (SSSR count). The average molecular weight is 445 g/mol. The van der Waals surface area contributed by atoms with Crippen LogP contribution in [0.15, 0.2) is 53.6 Å². The Morgan fingerprint density at radius 3 is 2.20 bits per heavy atom. The smallest absolute Gasteiger partial charge is 0.261 e. The Morgan fingerprint density at radius 1 is 1.03 bits per heavy atom. The molecule has 1 heterocycles. The Bertz CT molecular complexity index is 1160. The van der Waals surface area contributed by atoms with Crippen LogP contribution in [0, 0.1) is 0 Å². The molecule has 6 nitrogen and oxygen atoms in total. The van der Waals surface area contributed by atoms with Crippen molar-refractivity contribution in [1.82, 2.24) is 9.82 Å². The summed E-state index contributed by atoms with van der Waals surface area (Å²) in [5.41, 5.74) is 2.25. The zero-order chi connectivity index (χ0) is 22.1. The summed E-state index contributed by atoms with van der Waals surface area (Å²) < 4.78 is 26.4. The summed E-state index contributed by atoms with van der Waals surface area (Å²) in [6.07, 6.45) is 3.26. The van der Waals surface area contributed by atoms with Gasteiger partial charge in [0.2, 0.25) is 0 Å². The van der Waals surface area contributed by atoms with Crippen molar-refractivity contribution in [3.63, 3.8) is 0 Å². The first-order chi connectivity index (χ1) is 14.2. The lowest BCUT2D eigenvalue weighted by molar-refractivity contribution is 0.543. The van der Waals surface area contributed by atoms with Gasteiger partial charge in [-0.15, -0.1) is 4.83 Å². The van der Waals surface area contributed by atoms with Gasteiger partial charge in [-0.3, -0.25) is 9.78 Å². The first-order valence-electron chi connectivity index (χ1n) is 9.53. The summed E-state index contributed by atoms with van der Waals surface area (Å²) >= 11 is 6.29. The number of nitrogens with zero attached hydrogens (tertiary/aromatic N) is 2. The first-order valence-corrected chi connectivity index (χ1v) is 11.4. The predicted molar refractivity (Wildman–Crippen MR) is 120 cm³/mol. The highest BCUT2D eigenvalue weighted by molar-refractivity contribution is 7.89. The van der Waals surface area contributed by atoms with Crippen LogP contribution in [0.5, 0.6) is 0 Å². The number of hydrogen-bond donors (Lipinski definition) is 1. The van der Waals surface area contributed by atoms with Crippen molar-refractivity contribution >= 4 is 44.6 Å². The number of carbonyl (C=O) groups excluding carboxylic acids is 1. The van der Waals surface area contributed by atoms with Gasteiger partial charge in [0.25, 0.3) is 10.0 Å². The van der Waals surface area contributed by atoms with E-state index in [1.165, 1.54) is 12.3 Å². The molecule has 3 aromatic rings. The number of para-hydroxylation sites is 1. The van der Waals surface area contributed by atoms with Crippen molar-refractivity contribution in [2.45, 2.75) is 44.4 Å². The number of benzene rings is 2. The van der Waals surface area contributed by atoms with Gasteiger partial charge in [-0.2, -0.15) is 0 Å². The highest BCUT2D eigenvalue weighted by Gasteiger charge is 2.27. The lowest BCUT2D eigenvalue weighted by Crippen LogP contribution is -2.42. The van der Waals surface area contributed by atoms with Crippen LogP contribution < -0.4 is 9.84 Å². The third-order valence-electron chi connectivity index (χ3n) is 4.79. The minimum atomic E-state index is -4.12.